The molecule has 1 unspecified atom stereocenters. The quantitative estimate of drug-likeness (QED) is 0.424. The van der Waals surface area contributed by atoms with E-state index < -0.39 is 0 Å². The fraction of sp³-hybridized carbons (Fsp3) is 0.897. The van der Waals surface area contributed by atoms with Crippen LogP contribution in [0.3, 0.4) is 0 Å². The van der Waals surface area contributed by atoms with Gasteiger partial charge in [-0.15, -0.1) is 0 Å². The molecule has 1 spiro atoms. The van der Waals surface area contributed by atoms with Crippen molar-refractivity contribution in [1.29, 1.82) is 0 Å². The topological polar surface area (TPSA) is 17.1 Å². The van der Waals surface area contributed by atoms with Crippen molar-refractivity contribution in [2.24, 2.45) is 63.6 Å². The average molecular weight is 411 g/mol. The van der Waals surface area contributed by atoms with Gasteiger partial charge in [-0.25, -0.2) is 0 Å². The van der Waals surface area contributed by atoms with Gasteiger partial charge in [0.05, 0.1) is 0 Å². The van der Waals surface area contributed by atoms with E-state index in [0.29, 0.717) is 34.4 Å². The number of carbonyl (C=O) groups is 1. The molecule has 5 aliphatic rings. The molecule has 0 amide bonds. The van der Waals surface area contributed by atoms with Crippen LogP contribution in [0.4, 0.5) is 0 Å². The van der Waals surface area contributed by atoms with E-state index in [1.165, 1.54) is 51.4 Å². The molecular weight excluding hydrogens is 364 g/mol. The molecule has 0 aromatic heterocycles. The maximum Gasteiger partial charge on any atom is 0.140 e. The summed E-state index contributed by atoms with van der Waals surface area (Å²) in [7, 11) is 0. The van der Waals surface area contributed by atoms with Gasteiger partial charge in [-0.3, -0.25) is 4.79 Å². The lowest BCUT2D eigenvalue weighted by Gasteiger charge is -2.58. The van der Waals surface area contributed by atoms with Crippen LogP contribution in [0.2, 0.25) is 0 Å². The number of allylic oxidation sites excluding steroid dienone is 2. The van der Waals surface area contributed by atoms with Crippen LogP contribution in [0.15, 0.2) is 12.2 Å². The van der Waals surface area contributed by atoms with E-state index in [1.807, 2.05) is 0 Å². The van der Waals surface area contributed by atoms with Gasteiger partial charge < -0.3 is 0 Å². The summed E-state index contributed by atoms with van der Waals surface area (Å²) in [6.45, 7) is 14.7. The number of rotatable bonds is 5. The van der Waals surface area contributed by atoms with Gasteiger partial charge in [-0.1, -0.05) is 53.7 Å². The van der Waals surface area contributed by atoms with Gasteiger partial charge in [0.1, 0.15) is 5.78 Å². The second-order valence-corrected chi connectivity index (χ2v) is 13.1. The molecule has 0 saturated heterocycles. The molecule has 1 heteroatoms. The van der Waals surface area contributed by atoms with Gasteiger partial charge in [-0.05, 0) is 110 Å². The molecule has 5 fully saturated rings. The molecule has 0 radical (unpaired) electrons. The standard InChI is InChI=1S/C29H46O/c1-7-20(18(2)3)9-8-19(4)23-10-11-24-22-16-26(30)29-17-21(29)12-15-28(29,6)25(22)13-14-27(23,24)5/h8-9,18-25H,7,10-17H2,1-6H3/b9-8+/t19-,20-,21+,22+,23-,24+,25+,27-,28-,29?/m1/s1. The Labute approximate surface area is 185 Å². The Kier molecular flexibility index (Phi) is 4.93. The first-order chi connectivity index (χ1) is 14.2. The monoisotopic (exact) mass is 410 g/mol. The smallest absolute Gasteiger partial charge is 0.140 e. The summed E-state index contributed by atoms with van der Waals surface area (Å²) in [5.41, 5.74) is 0.934. The zero-order valence-electron chi connectivity index (χ0n) is 20.5. The maximum absolute atomic E-state index is 13.5. The summed E-state index contributed by atoms with van der Waals surface area (Å²) in [6.07, 6.45) is 16.8. The maximum atomic E-state index is 13.5. The van der Waals surface area contributed by atoms with Crippen molar-refractivity contribution in [1.82, 2.24) is 0 Å². The van der Waals surface area contributed by atoms with Crippen molar-refractivity contribution < 1.29 is 4.79 Å². The fourth-order valence-electron chi connectivity index (χ4n) is 10.2. The molecule has 0 N–H and O–H groups in total. The Bertz CT molecular complexity index is 735. The Balaban J connectivity index is 1.37. The van der Waals surface area contributed by atoms with Crippen molar-refractivity contribution >= 4 is 5.78 Å². The molecule has 168 valence electrons. The molecular formula is C29H46O. The molecule has 5 rings (SSSR count). The number of fused-ring (bicyclic) bond motifs is 4. The van der Waals surface area contributed by atoms with Crippen LogP contribution in [0.5, 0.6) is 0 Å². The highest BCUT2D eigenvalue weighted by Gasteiger charge is 2.77. The second-order valence-electron chi connectivity index (χ2n) is 13.1. The summed E-state index contributed by atoms with van der Waals surface area (Å²) in [6, 6.07) is 0. The van der Waals surface area contributed by atoms with Gasteiger partial charge in [-0.2, -0.15) is 0 Å². The normalized spacial score (nSPS) is 51.4. The molecule has 5 aliphatic carbocycles. The predicted octanol–water partition coefficient (Wildman–Crippen LogP) is 7.70. The highest BCUT2D eigenvalue weighted by molar-refractivity contribution is 5.91. The number of hydrogen-bond acceptors (Lipinski definition) is 1. The zero-order valence-corrected chi connectivity index (χ0v) is 20.5. The van der Waals surface area contributed by atoms with E-state index in [-0.39, 0.29) is 5.41 Å². The highest BCUT2D eigenvalue weighted by atomic mass is 16.1. The Morgan fingerprint density at radius 2 is 1.77 bits per heavy atom. The molecule has 0 aromatic carbocycles. The lowest BCUT2D eigenvalue weighted by atomic mass is 9.45. The second kappa shape index (κ2) is 6.95. The van der Waals surface area contributed by atoms with Crippen molar-refractivity contribution in [2.75, 3.05) is 0 Å². The Morgan fingerprint density at radius 3 is 2.43 bits per heavy atom. The number of hydrogen-bond donors (Lipinski definition) is 0. The minimum absolute atomic E-state index is 0.141. The zero-order chi connectivity index (χ0) is 21.5. The van der Waals surface area contributed by atoms with Crippen molar-refractivity contribution in [3.05, 3.63) is 12.2 Å². The van der Waals surface area contributed by atoms with Crippen LogP contribution in [-0.2, 0) is 4.79 Å². The minimum Gasteiger partial charge on any atom is -0.299 e. The third-order valence-electron chi connectivity index (χ3n) is 12.0. The summed E-state index contributed by atoms with van der Waals surface area (Å²) in [4.78, 5) is 13.5. The molecule has 0 aromatic rings. The van der Waals surface area contributed by atoms with E-state index >= 15 is 0 Å². The summed E-state index contributed by atoms with van der Waals surface area (Å²) in [5, 5.41) is 0. The number of carbonyl (C=O) groups excluding carboxylic acids is 1. The van der Waals surface area contributed by atoms with Gasteiger partial charge in [0, 0.05) is 11.8 Å². The van der Waals surface area contributed by atoms with Crippen LogP contribution in [0.1, 0.15) is 99.3 Å². The molecule has 0 aliphatic heterocycles. The fourth-order valence-corrected chi connectivity index (χ4v) is 10.2. The first kappa shape index (κ1) is 21.3. The third kappa shape index (κ3) is 2.62. The van der Waals surface area contributed by atoms with Crippen molar-refractivity contribution in [3.63, 3.8) is 0 Å². The van der Waals surface area contributed by atoms with Gasteiger partial charge in [0.2, 0.25) is 0 Å². The van der Waals surface area contributed by atoms with E-state index in [2.05, 4.69) is 53.7 Å². The van der Waals surface area contributed by atoms with Crippen LogP contribution < -0.4 is 0 Å². The lowest BCUT2D eigenvalue weighted by Crippen LogP contribution is -2.55. The van der Waals surface area contributed by atoms with Crippen LogP contribution in [-0.4, -0.2) is 5.78 Å². The first-order valence-corrected chi connectivity index (χ1v) is 13.4. The van der Waals surface area contributed by atoms with Gasteiger partial charge in [0.25, 0.3) is 0 Å². The van der Waals surface area contributed by atoms with Crippen molar-refractivity contribution in [3.8, 4) is 0 Å². The van der Waals surface area contributed by atoms with E-state index in [0.717, 1.165) is 36.0 Å². The van der Waals surface area contributed by atoms with Crippen molar-refractivity contribution in [2.45, 2.75) is 99.3 Å². The SMILES string of the molecule is CC[C@H](/C=C/[C@@H](C)[C@H]1CC[C@H]2[C@@H]3CC(=O)C45C[C@@H]4CC[C@]5(C)[C@H]3CC[C@]12C)C(C)C. The molecule has 10 atom stereocenters. The molecule has 30 heavy (non-hydrogen) atoms. The average Bonchev–Trinajstić information content (AvgIpc) is 3.22. The van der Waals surface area contributed by atoms with Crippen LogP contribution >= 0.6 is 0 Å². The van der Waals surface area contributed by atoms with E-state index in [9.17, 15) is 4.79 Å². The minimum atomic E-state index is 0.141. The highest BCUT2D eigenvalue weighted by Crippen LogP contribution is 2.80. The predicted molar refractivity (Wildman–Crippen MR) is 125 cm³/mol. The largest absolute Gasteiger partial charge is 0.299 e. The molecule has 5 saturated carbocycles. The Hall–Kier alpha value is -0.590. The van der Waals surface area contributed by atoms with E-state index in [1.54, 1.807) is 0 Å². The van der Waals surface area contributed by atoms with Crippen LogP contribution in [0, 0.1) is 63.6 Å². The third-order valence-corrected chi connectivity index (χ3v) is 12.0. The summed E-state index contributed by atoms with van der Waals surface area (Å²) in [5.74, 6) is 6.69. The number of Topliss-reactive ketones (excluding diaryl/α,β-unsaturated/α-hetero) is 1. The van der Waals surface area contributed by atoms with E-state index in [4.69, 9.17) is 0 Å². The molecule has 0 bridgehead atoms. The number of ketones is 1. The molecule has 0 heterocycles. The molecule has 1 nitrogen and oxygen atoms in total. The van der Waals surface area contributed by atoms with Gasteiger partial charge >= 0.3 is 0 Å². The van der Waals surface area contributed by atoms with Crippen LogP contribution in [0.25, 0.3) is 0 Å². The van der Waals surface area contributed by atoms with Gasteiger partial charge in [0.15, 0.2) is 0 Å². The lowest BCUT2D eigenvalue weighted by molar-refractivity contribution is -0.151. The summed E-state index contributed by atoms with van der Waals surface area (Å²) < 4.78 is 0. The first-order valence-electron chi connectivity index (χ1n) is 13.4. The Morgan fingerprint density at radius 1 is 1.00 bits per heavy atom. The summed E-state index contributed by atoms with van der Waals surface area (Å²) >= 11 is 0.